The molecule has 0 saturated heterocycles. The molecule has 128 heavy (non-hydrogen) atoms. The number of oxazole rings is 1. The number of rotatable bonds is 10. The lowest BCUT2D eigenvalue weighted by Gasteiger charge is -2.12. The van der Waals surface area contributed by atoms with E-state index in [4.69, 9.17) is 49.8 Å². The highest BCUT2D eigenvalue weighted by atomic mass is 32.1. The van der Waals surface area contributed by atoms with E-state index >= 15 is 0 Å². The van der Waals surface area contributed by atoms with Gasteiger partial charge in [-0.15, -0.1) is 57.2 Å². The Morgan fingerprint density at radius 2 is 0.984 bits per heavy atom. The van der Waals surface area contributed by atoms with Crippen molar-refractivity contribution < 1.29 is 49.8 Å². The molecule has 0 aromatic carbocycles. The maximum absolute atomic E-state index is 5.38. The van der Waals surface area contributed by atoms with E-state index in [0.717, 1.165) is 85.8 Å². The number of aromatic amines is 2. The van der Waals surface area contributed by atoms with Crippen molar-refractivity contribution in [3.8, 4) is 11.8 Å². The van der Waals surface area contributed by atoms with Crippen molar-refractivity contribution in [2.75, 3.05) is 26.6 Å². The molecular weight excluding hydrogens is 1650 g/mol. The molecule has 37 nitrogen and oxygen atoms in total. The Morgan fingerprint density at radius 3 is 1.22 bits per heavy atom. The summed E-state index contributed by atoms with van der Waals surface area (Å²) >= 11 is 1.67. The molecule has 0 aliphatic heterocycles. The minimum atomic E-state index is -0.0274. The fourth-order valence-corrected chi connectivity index (χ4v) is 8.96. The molecule has 0 radical (unpaired) electrons. The number of ether oxygens (including phenoxy) is 2. The van der Waals surface area contributed by atoms with Crippen LogP contribution in [0.1, 0.15) is 397 Å². The lowest BCUT2D eigenvalue weighted by molar-refractivity contribution is 0.257. The molecular formula is C90H154N26O11S. The molecule has 716 valence electrons. The predicted molar refractivity (Wildman–Crippen MR) is 497 cm³/mol. The van der Waals surface area contributed by atoms with E-state index < -0.39 is 0 Å². The van der Waals surface area contributed by atoms with Crippen LogP contribution in [-0.2, 0) is 44.3 Å². The summed E-state index contributed by atoms with van der Waals surface area (Å²) in [4.78, 5) is 20.5. The second-order valence-electron chi connectivity index (χ2n) is 38.7. The van der Waals surface area contributed by atoms with Crippen molar-refractivity contribution in [1.29, 1.82) is 0 Å². The Labute approximate surface area is 763 Å². The molecule has 0 saturated carbocycles. The van der Waals surface area contributed by atoms with E-state index in [1.54, 1.807) is 71.7 Å². The van der Waals surface area contributed by atoms with E-state index in [1.165, 1.54) is 0 Å². The highest BCUT2D eigenvalue weighted by Gasteiger charge is 2.25. The van der Waals surface area contributed by atoms with Crippen LogP contribution in [0, 0.1) is 62.3 Å². The lowest BCUT2D eigenvalue weighted by atomic mass is 9.93. The summed E-state index contributed by atoms with van der Waals surface area (Å²) in [6, 6.07) is 6.59. The highest BCUT2D eigenvalue weighted by molar-refractivity contribution is 7.11. The Hall–Kier alpha value is -11.1. The third-order valence-electron chi connectivity index (χ3n) is 16.0. The normalized spacial score (nSPS) is 11.3. The van der Waals surface area contributed by atoms with Gasteiger partial charge in [-0.3, -0.25) is 10.2 Å². The maximum atomic E-state index is 5.38. The lowest BCUT2D eigenvalue weighted by Crippen LogP contribution is -2.13. The number of H-pyrrole nitrogens is 2. The number of hydrogen-bond donors (Lipinski definition) is 3. The molecule has 0 bridgehead atoms. The minimum Gasteiger partial charge on any atom is -0.479 e. The van der Waals surface area contributed by atoms with Gasteiger partial charge in [0.15, 0.2) is 23.3 Å². The highest BCUT2D eigenvalue weighted by Crippen LogP contribution is 2.29. The summed E-state index contributed by atoms with van der Waals surface area (Å²) in [5, 5.41) is 76.0. The monoisotopic (exact) mass is 1810 g/mol. The molecule has 0 unspecified atom stereocenters. The van der Waals surface area contributed by atoms with Gasteiger partial charge in [0.05, 0.1) is 37.5 Å². The first-order valence-electron chi connectivity index (χ1n) is 43.0. The van der Waals surface area contributed by atoms with Crippen LogP contribution in [-0.4, -0.2) is 148 Å². The second-order valence-corrected chi connectivity index (χ2v) is 39.9. The van der Waals surface area contributed by atoms with Crippen LogP contribution >= 0.6 is 11.3 Å². The summed E-state index contributed by atoms with van der Waals surface area (Å²) in [6.07, 6.45) is 4.49. The van der Waals surface area contributed by atoms with Crippen molar-refractivity contribution >= 4 is 17.4 Å². The van der Waals surface area contributed by atoms with Gasteiger partial charge in [0.2, 0.25) is 47.1 Å². The number of aryl methyl sites for hydroxylation is 10. The zero-order valence-electron chi connectivity index (χ0n) is 85.7. The summed E-state index contributed by atoms with van der Waals surface area (Å²) < 4.78 is 57.3. The minimum absolute atomic E-state index is 0.00375. The largest absolute Gasteiger partial charge is 0.479 e. The Morgan fingerprint density at radius 1 is 0.438 bits per heavy atom. The standard InChI is InChI=1S/C8H14N2O.2C8H13NO2.C8H13NO.C7H13N3.3C7H12N2O.2C6H11N3.2C6H10N2O.C6H10N2S/c1-5-6-9-10-7(11-6)8(2,3)4;1-8(2,3)6-5-7(10-4)9-11-6;1-8(2,3)6-5-7(10-4)11-9-6;1-6-5-7(10-9-6)8(2,3)4;1-5-8-6(10-9-5)7(2,3)4;1-5-8-9-6(10-5)7(2,3)4;1-5-8-6(10-9-5)7(2,3)4;1-5(2)6-4-9-7(8-3)10-6;1-5(2)9-4-6(3)7-8-9;1-4(2)6-7-5(3)8-9-6;1-4(2)6-8-7-5(3)9-6;1-4(2)6-7-5(3)9-8-6;1-4(2)6-8-7-5(3)9-6/h5H2,1-4H3;2*5H,1-4H3;5H,1-4H3;1-4H3,(H,8,9,10);2*1-4H3;4-5H,1-3H3,(H,8,9);4-5H,1-3H3;4H,1-3H3,(H,7,8,9);3*4H,1-3H3. The average Bonchev–Trinajstić information content (AvgIpc) is 1.72. The SMILES string of the molecule is CCc1nnc(C(C)(C)C)o1.CNc1ncc(C(C)C)o1.COc1cc(C(C)(C)C)no1.COc1cc(C(C)(C)C)on1.Cc1cc(C(C)(C)C)on1.Cc1cn(C(C)C)nn1.Cc1nc(C(C)(C)C)n[nH]1.Cc1nc(C(C)C)n[nH]1.Cc1nc(C(C)C)no1.Cc1nnc(C(C)(C)C)o1.Cc1nnc(C(C)C)o1.Cc1nnc(C(C)C)s1.Cc1noc(C(C)(C)C)n1. The first-order chi connectivity index (χ1) is 58.8. The predicted octanol–water partition coefficient (Wildman–Crippen LogP) is 22.1. The number of hydrogen-bond acceptors (Lipinski definition) is 35. The van der Waals surface area contributed by atoms with Crippen molar-refractivity contribution in [1.82, 2.24) is 127 Å². The molecule has 13 aromatic heterocycles. The van der Waals surface area contributed by atoms with Crippen LogP contribution in [0.25, 0.3) is 0 Å². The van der Waals surface area contributed by atoms with Crippen LogP contribution in [0.2, 0.25) is 0 Å². The van der Waals surface area contributed by atoms with Crippen LogP contribution in [0.15, 0.2) is 70.9 Å². The van der Waals surface area contributed by atoms with E-state index in [2.05, 4.69) is 287 Å². The summed E-state index contributed by atoms with van der Waals surface area (Å²) in [5.74, 6) is 16.3. The molecule has 3 N–H and O–H groups in total. The number of nitrogens with one attached hydrogen (secondary N) is 3. The van der Waals surface area contributed by atoms with Crippen LogP contribution < -0.4 is 14.8 Å². The van der Waals surface area contributed by atoms with Crippen molar-refractivity contribution in [3.63, 3.8) is 0 Å². The van der Waals surface area contributed by atoms with Gasteiger partial charge in [0.1, 0.15) is 38.9 Å². The fourth-order valence-electron chi connectivity index (χ4n) is 8.26. The van der Waals surface area contributed by atoms with Crippen molar-refractivity contribution in [2.45, 2.75) is 378 Å². The van der Waals surface area contributed by atoms with Gasteiger partial charge in [0, 0.05) is 132 Å². The molecule has 13 heterocycles. The Kier molecular flexibility index (Phi) is 47.6. The number of methoxy groups -OCH3 is 2. The summed E-state index contributed by atoms with van der Waals surface area (Å²) in [5.41, 5.74) is 2.93. The van der Waals surface area contributed by atoms with E-state index in [-0.39, 0.29) is 37.9 Å². The molecule has 0 fully saturated rings. The molecule has 0 aliphatic rings. The number of nitrogens with zero attached hydrogens (tertiary/aromatic N) is 23. The van der Waals surface area contributed by atoms with Crippen molar-refractivity contribution in [3.05, 3.63) is 157 Å². The maximum Gasteiger partial charge on any atom is 0.311 e. The van der Waals surface area contributed by atoms with Crippen molar-refractivity contribution in [2.24, 2.45) is 0 Å². The van der Waals surface area contributed by atoms with Gasteiger partial charge in [-0.05, 0) is 60.5 Å². The third-order valence-corrected chi connectivity index (χ3v) is 17.1. The first kappa shape index (κ1) is 115. The van der Waals surface area contributed by atoms with E-state index in [9.17, 15) is 0 Å². The van der Waals surface area contributed by atoms with E-state index in [1.807, 2.05) is 135 Å². The van der Waals surface area contributed by atoms with E-state index in [0.29, 0.717) is 101 Å². The first-order valence-corrected chi connectivity index (χ1v) is 43.8. The van der Waals surface area contributed by atoms with Gasteiger partial charge in [-0.25, -0.2) is 19.6 Å². The zero-order valence-corrected chi connectivity index (χ0v) is 86.6. The van der Waals surface area contributed by atoms with Crippen LogP contribution in [0.3, 0.4) is 0 Å². The number of aromatic nitrogens is 25. The second kappa shape index (κ2) is 53.0. The zero-order chi connectivity index (χ0) is 98.4. The summed E-state index contributed by atoms with van der Waals surface area (Å²) in [6.45, 7) is 87.1. The smallest absolute Gasteiger partial charge is 0.311 e. The van der Waals surface area contributed by atoms with Crippen LogP contribution in [0.5, 0.6) is 11.8 Å². The Balaban J connectivity index is 0.000000694. The Bertz CT molecular complexity index is 4490. The quantitative estimate of drug-likeness (QED) is 0.114. The molecule has 0 aliphatic carbocycles. The molecule has 0 spiro atoms. The average molecular weight is 1810 g/mol. The van der Waals surface area contributed by atoms with Gasteiger partial charge >= 0.3 is 5.95 Å². The third kappa shape index (κ3) is 46.1. The molecule has 13 aromatic rings. The molecule has 0 amide bonds. The number of anilines is 1. The summed E-state index contributed by atoms with van der Waals surface area (Å²) in [7, 11) is 4.92. The van der Waals surface area contributed by atoms with Crippen LogP contribution in [0.4, 0.5) is 6.01 Å². The van der Waals surface area contributed by atoms with Gasteiger partial charge in [0.25, 0.3) is 11.9 Å². The van der Waals surface area contributed by atoms with Gasteiger partial charge in [-0.2, -0.15) is 20.2 Å². The molecule has 0 atom stereocenters. The molecule has 38 heteroatoms. The molecule has 13 rings (SSSR count). The van der Waals surface area contributed by atoms with Gasteiger partial charge < -0.3 is 55.1 Å². The topological polar surface area (TPSA) is 469 Å². The van der Waals surface area contributed by atoms with Gasteiger partial charge in [-0.1, -0.05) is 247 Å². The fraction of sp³-hybridized carbons (Fsp3) is 0.667.